The van der Waals surface area contributed by atoms with Gasteiger partial charge in [-0.2, -0.15) is 0 Å². The summed E-state index contributed by atoms with van der Waals surface area (Å²) >= 11 is 0. The van der Waals surface area contributed by atoms with E-state index >= 15 is 0 Å². The second kappa shape index (κ2) is 5.52. The van der Waals surface area contributed by atoms with Crippen molar-refractivity contribution < 1.29 is 18.6 Å². The molecule has 0 radical (unpaired) electrons. The van der Waals surface area contributed by atoms with Crippen LogP contribution >= 0.6 is 0 Å². The molecule has 0 fully saturated rings. The third-order valence-electron chi connectivity index (χ3n) is 3.34. The van der Waals surface area contributed by atoms with E-state index in [-0.39, 0.29) is 12.4 Å². The fourth-order valence-electron chi connectivity index (χ4n) is 2.10. The average Bonchev–Trinajstić information content (AvgIpc) is 2.48. The van der Waals surface area contributed by atoms with Crippen LogP contribution in [0.1, 0.15) is 11.1 Å². The minimum absolute atomic E-state index is 0.241. The van der Waals surface area contributed by atoms with Gasteiger partial charge in [-0.1, -0.05) is 6.07 Å². The zero-order chi connectivity index (χ0) is 14.8. The highest BCUT2D eigenvalue weighted by molar-refractivity contribution is 5.58. The Morgan fingerprint density at radius 2 is 1.86 bits per heavy atom. The number of nitrogens with two attached hydrogens (primary N) is 1. The molecule has 21 heavy (non-hydrogen) atoms. The number of ether oxygens (including phenoxy) is 3. The lowest BCUT2D eigenvalue weighted by Gasteiger charge is -2.20. The number of hydrogen-bond donors (Lipinski definition) is 1. The maximum absolute atomic E-state index is 13.5. The van der Waals surface area contributed by atoms with Crippen molar-refractivity contribution in [2.75, 3.05) is 18.9 Å². The van der Waals surface area contributed by atoms with Gasteiger partial charge in [-0.05, 0) is 24.6 Å². The van der Waals surface area contributed by atoms with Crippen LogP contribution in [0.3, 0.4) is 0 Å². The maximum atomic E-state index is 13.5. The SMILES string of the molecule is Cc1ccc(OCc2cc3c(cc2N)OCCO3)cc1F. The maximum Gasteiger partial charge on any atom is 0.163 e. The minimum Gasteiger partial charge on any atom is -0.489 e. The van der Waals surface area contributed by atoms with Gasteiger partial charge in [0.25, 0.3) is 0 Å². The van der Waals surface area contributed by atoms with Crippen LogP contribution in [0.15, 0.2) is 30.3 Å². The van der Waals surface area contributed by atoms with E-state index in [4.69, 9.17) is 19.9 Å². The van der Waals surface area contributed by atoms with E-state index in [0.29, 0.717) is 41.7 Å². The summed E-state index contributed by atoms with van der Waals surface area (Å²) in [6, 6.07) is 8.30. The van der Waals surface area contributed by atoms with E-state index in [0.717, 1.165) is 5.56 Å². The lowest BCUT2D eigenvalue weighted by Crippen LogP contribution is -2.16. The predicted molar refractivity (Wildman–Crippen MR) is 77.3 cm³/mol. The van der Waals surface area contributed by atoms with Gasteiger partial charge in [0, 0.05) is 23.4 Å². The van der Waals surface area contributed by atoms with Crippen molar-refractivity contribution in [1.82, 2.24) is 0 Å². The van der Waals surface area contributed by atoms with Crippen LogP contribution in [0.2, 0.25) is 0 Å². The van der Waals surface area contributed by atoms with E-state index in [1.54, 1.807) is 31.2 Å². The molecular formula is C16H16FNO3. The van der Waals surface area contributed by atoms with Gasteiger partial charge in [0.15, 0.2) is 11.5 Å². The van der Waals surface area contributed by atoms with E-state index < -0.39 is 0 Å². The Morgan fingerprint density at radius 3 is 2.57 bits per heavy atom. The highest BCUT2D eigenvalue weighted by Gasteiger charge is 2.15. The third kappa shape index (κ3) is 2.86. The third-order valence-corrected chi connectivity index (χ3v) is 3.34. The number of rotatable bonds is 3. The highest BCUT2D eigenvalue weighted by atomic mass is 19.1. The van der Waals surface area contributed by atoms with Gasteiger partial charge in [-0.3, -0.25) is 0 Å². The predicted octanol–water partition coefficient (Wildman–Crippen LogP) is 3.07. The smallest absolute Gasteiger partial charge is 0.163 e. The molecule has 110 valence electrons. The van der Waals surface area contributed by atoms with Crippen LogP contribution in [0.5, 0.6) is 17.2 Å². The molecule has 4 nitrogen and oxygen atoms in total. The molecule has 0 spiro atoms. The molecule has 0 saturated heterocycles. The monoisotopic (exact) mass is 289 g/mol. The number of anilines is 1. The van der Waals surface area contributed by atoms with Gasteiger partial charge in [-0.25, -0.2) is 4.39 Å². The molecule has 0 amide bonds. The molecule has 2 aromatic carbocycles. The van der Waals surface area contributed by atoms with Crippen molar-refractivity contribution in [3.8, 4) is 17.2 Å². The fourth-order valence-corrected chi connectivity index (χ4v) is 2.10. The van der Waals surface area contributed by atoms with E-state index in [2.05, 4.69) is 0 Å². The normalized spacial score (nSPS) is 13.0. The first-order valence-electron chi connectivity index (χ1n) is 6.70. The molecule has 5 heteroatoms. The summed E-state index contributed by atoms with van der Waals surface area (Å²) in [7, 11) is 0. The summed E-state index contributed by atoms with van der Waals surface area (Å²) < 4.78 is 30.0. The number of nitrogen functional groups attached to an aromatic ring is 1. The Labute approximate surface area is 122 Å². The van der Waals surface area contributed by atoms with Crippen LogP contribution in [-0.2, 0) is 6.61 Å². The van der Waals surface area contributed by atoms with Crippen molar-refractivity contribution in [2.45, 2.75) is 13.5 Å². The Kier molecular flexibility index (Phi) is 3.56. The number of hydrogen-bond acceptors (Lipinski definition) is 4. The van der Waals surface area contributed by atoms with Crippen LogP contribution in [-0.4, -0.2) is 13.2 Å². The summed E-state index contributed by atoms with van der Waals surface area (Å²) in [5, 5.41) is 0. The summed E-state index contributed by atoms with van der Waals surface area (Å²) in [6.07, 6.45) is 0. The molecular weight excluding hydrogens is 273 g/mol. The Bertz CT molecular complexity index is 673. The van der Waals surface area contributed by atoms with Gasteiger partial charge in [0.2, 0.25) is 0 Å². The van der Waals surface area contributed by atoms with Crippen LogP contribution in [0.4, 0.5) is 10.1 Å². The molecule has 1 aliphatic rings. The van der Waals surface area contributed by atoms with Crippen LogP contribution in [0, 0.1) is 12.7 Å². The summed E-state index contributed by atoms with van der Waals surface area (Å²) in [6.45, 7) is 2.98. The van der Waals surface area contributed by atoms with Crippen LogP contribution < -0.4 is 19.9 Å². The number of aryl methyl sites for hydroxylation is 1. The standard InChI is InChI=1S/C16H16FNO3/c1-10-2-3-12(7-13(10)17)21-9-11-6-15-16(8-14(11)18)20-5-4-19-15/h2-3,6-8H,4-5,9,18H2,1H3. The van der Waals surface area contributed by atoms with E-state index in [1.165, 1.54) is 6.07 Å². The molecule has 0 aromatic heterocycles. The van der Waals surface area contributed by atoms with Crippen molar-refractivity contribution in [3.63, 3.8) is 0 Å². The van der Waals surface area contributed by atoms with E-state index in [9.17, 15) is 4.39 Å². The Morgan fingerprint density at radius 1 is 1.14 bits per heavy atom. The average molecular weight is 289 g/mol. The first-order valence-corrected chi connectivity index (χ1v) is 6.70. The molecule has 0 bridgehead atoms. The zero-order valence-electron chi connectivity index (χ0n) is 11.7. The number of fused-ring (bicyclic) bond motifs is 1. The summed E-state index contributed by atoms with van der Waals surface area (Å²) in [5.41, 5.74) is 7.90. The number of benzene rings is 2. The minimum atomic E-state index is -0.289. The molecule has 3 rings (SSSR count). The quantitative estimate of drug-likeness (QED) is 0.882. The number of halogens is 1. The summed E-state index contributed by atoms with van der Waals surface area (Å²) in [4.78, 5) is 0. The Balaban J connectivity index is 1.77. The molecule has 1 heterocycles. The topological polar surface area (TPSA) is 53.7 Å². The van der Waals surface area contributed by atoms with Gasteiger partial charge in [0.05, 0.1) is 0 Å². The Hall–Kier alpha value is -2.43. The zero-order valence-corrected chi connectivity index (χ0v) is 11.7. The van der Waals surface area contributed by atoms with Gasteiger partial charge in [-0.15, -0.1) is 0 Å². The fraction of sp³-hybridized carbons (Fsp3) is 0.250. The lowest BCUT2D eigenvalue weighted by molar-refractivity contribution is 0.171. The van der Waals surface area contributed by atoms with Crippen molar-refractivity contribution in [2.24, 2.45) is 0 Å². The van der Waals surface area contributed by atoms with Gasteiger partial charge in [0.1, 0.15) is 31.4 Å². The first kappa shape index (κ1) is 13.5. The molecule has 0 unspecified atom stereocenters. The highest BCUT2D eigenvalue weighted by Crippen LogP contribution is 2.34. The van der Waals surface area contributed by atoms with Crippen LogP contribution in [0.25, 0.3) is 0 Å². The molecule has 0 aliphatic carbocycles. The van der Waals surface area contributed by atoms with E-state index in [1.807, 2.05) is 0 Å². The van der Waals surface area contributed by atoms with Gasteiger partial charge >= 0.3 is 0 Å². The molecule has 2 N–H and O–H groups in total. The van der Waals surface area contributed by atoms with Gasteiger partial charge < -0.3 is 19.9 Å². The second-order valence-electron chi connectivity index (χ2n) is 4.89. The van der Waals surface area contributed by atoms with Crippen molar-refractivity contribution >= 4 is 5.69 Å². The largest absolute Gasteiger partial charge is 0.489 e. The summed E-state index contributed by atoms with van der Waals surface area (Å²) in [5.74, 6) is 1.48. The second-order valence-corrected chi connectivity index (χ2v) is 4.89. The lowest BCUT2D eigenvalue weighted by atomic mass is 10.1. The van der Waals surface area contributed by atoms with Crippen molar-refractivity contribution in [3.05, 3.63) is 47.3 Å². The molecule has 0 atom stereocenters. The molecule has 1 aliphatic heterocycles. The molecule has 0 saturated carbocycles. The van der Waals surface area contributed by atoms with Crippen molar-refractivity contribution in [1.29, 1.82) is 0 Å². The first-order chi connectivity index (χ1) is 10.1. The molecule has 2 aromatic rings.